The van der Waals surface area contributed by atoms with Crippen molar-refractivity contribution in [2.75, 3.05) is 6.61 Å². The Morgan fingerprint density at radius 3 is 3.14 bits per heavy atom. The second-order valence-electron chi connectivity index (χ2n) is 5.15. The van der Waals surface area contributed by atoms with Crippen molar-refractivity contribution in [1.82, 2.24) is 0 Å². The van der Waals surface area contributed by atoms with Crippen LogP contribution >= 0.6 is 11.3 Å². The van der Waals surface area contributed by atoms with Gasteiger partial charge in [0.15, 0.2) is 0 Å². The maximum atomic E-state index is 8.71. The number of aliphatic hydroxyl groups excluding tert-OH is 1. The molecule has 1 aliphatic carbocycles. The third kappa shape index (κ3) is 3.54. The van der Waals surface area contributed by atoms with Gasteiger partial charge in [-0.05, 0) is 36.5 Å². The average molecular weight is 298 g/mol. The molecule has 0 saturated carbocycles. The minimum Gasteiger partial charge on any atom is -0.384 e. The Hall–Kier alpha value is -1.60. The van der Waals surface area contributed by atoms with Crippen LogP contribution in [0, 0.1) is 11.8 Å². The van der Waals surface area contributed by atoms with Crippen molar-refractivity contribution >= 4 is 11.3 Å². The van der Waals surface area contributed by atoms with Crippen LogP contribution in [-0.2, 0) is 17.8 Å². The van der Waals surface area contributed by atoms with E-state index in [9.17, 15) is 0 Å². The number of aryl methyl sites for hydroxylation is 1. The third-order valence-corrected chi connectivity index (χ3v) is 4.62. The fourth-order valence-corrected chi connectivity index (χ4v) is 3.47. The van der Waals surface area contributed by atoms with Crippen LogP contribution in [0.2, 0.25) is 0 Å². The molecule has 3 heteroatoms. The normalized spacial score (nSPS) is 16.9. The summed E-state index contributed by atoms with van der Waals surface area (Å²) in [6.07, 6.45) is 3.67. The second-order valence-corrected chi connectivity index (χ2v) is 6.15. The van der Waals surface area contributed by atoms with E-state index in [1.807, 2.05) is 11.4 Å². The van der Waals surface area contributed by atoms with Gasteiger partial charge in [0.1, 0.15) is 6.61 Å². The highest BCUT2D eigenvalue weighted by Crippen LogP contribution is 2.33. The first kappa shape index (κ1) is 14.3. The number of rotatable bonds is 3. The predicted octanol–water partition coefficient (Wildman–Crippen LogP) is 3.69. The van der Waals surface area contributed by atoms with Gasteiger partial charge in [-0.15, -0.1) is 11.3 Å². The lowest BCUT2D eigenvalue weighted by Gasteiger charge is -2.25. The summed E-state index contributed by atoms with van der Waals surface area (Å²) in [6, 6.07) is 10.6. The van der Waals surface area contributed by atoms with Crippen molar-refractivity contribution < 1.29 is 9.84 Å². The molecule has 0 amide bonds. The molecule has 3 rings (SSSR count). The molecule has 1 aromatic heterocycles. The number of hydrogen-bond acceptors (Lipinski definition) is 3. The van der Waals surface area contributed by atoms with Crippen LogP contribution in [0.25, 0.3) is 0 Å². The van der Waals surface area contributed by atoms with Crippen molar-refractivity contribution in [2.45, 2.75) is 32.0 Å². The Labute approximate surface area is 129 Å². The first-order valence-electron chi connectivity index (χ1n) is 7.23. The van der Waals surface area contributed by atoms with Crippen LogP contribution in [-0.4, -0.2) is 11.7 Å². The fraction of sp³-hybridized carbons (Fsp3) is 0.333. The van der Waals surface area contributed by atoms with Gasteiger partial charge >= 0.3 is 0 Å². The molecule has 1 aliphatic rings. The maximum absolute atomic E-state index is 8.71. The highest BCUT2D eigenvalue weighted by atomic mass is 32.1. The van der Waals surface area contributed by atoms with E-state index in [1.165, 1.54) is 22.4 Å². The molecule has 1 aromatic carbocycles. The van der Waals surface area contributed by atoms with Gasteiger partial charge < -0.3 is 9.84 Å². The molecule has 0 fully saturated rings. The smallest absolute Gasteiger partial charge is 0.104 e. The maximum Gasteiger partial charge on any atom is 0.104 e. The molecule has 0 radical (unpaired) electrons. The molecule has 2 nitrogen and oxygen atoms in total. The topological polar surface area (TPSA) is 29.5 Å². The minimum absolute atomic E-state index is 0.0967. The number of fused-ring (bicyclic) bond motifs is 1. The molecule has 1 unspecified atom stereocenters. The Balaban J connectivity index is 1.65. The van der Waals surface area contributed by atoms with Gasteiger partial charge in [0.05, 0.1) is 12.7 Å². The molecule has 1 heterocycles. The van der Waals surface area contributed by atoms with Gasteiger partial charge in [-0.25, -0.2) is 0 Å². The van der Waals surface area contributed by atoms with Crippen LogP contribution in [0.3, 0.4) is 0 Å². The Morgan fingerprint density at radius 1 is 1.33 bits per heavy atom. The molecule has 0 bridgehead atoms. The Bertz CT molecular complexity index is 663. The van der Waals surface area contributed by atoms with Crippen LogP contribution in [0.15, 0.2) is 35.7 Å². The summed E-state index contributed by atoms with van der Waals surface area (Å²) < 4.78 is 6.13. The van der Waals surface area contributed by atoms with Crippen molar-refractivity contribution in [2.24, 2.45) is 0 Å². The first-order valence-corrected chi connectivity index (χ1v) is 8.11. The molecule has 0 spiro atoms. The summed E-state index contributed by atoms with van der Waals surface area (Å²) in [4.78, 5) is 1.18. The average Bonchev–Trinajstić information content (AvgIpc) is 2.99. The van der Waals surface area contributed by atoms with E-state index in [1.54, 1.807) is 11.3 Å². The van der Waals surface area contributed by atoms with Crippen molar-refractivity contribution in [1.29, 1.82) is 0 Å². The number of thiophene rings is 1. The lowest BCUT2D eigenvalue weighted by Crippen LogP contribution is -2.12. The quantitative estimate of drug-likeness (QED) is 0.876. The second kappa shape index (κ2) is 6.91. The lowest BCUT2D eigenvalue weighted by molar-refractivity contribution is 0.0297. The van der Waals surface area contributed by atoms with Gasteiger partial charge in [0, 0.05) is 15.8 Å². The number of aliphatic hydroxyl groups is 1. The number of ether oxygens (including phenoxy) is 1. The number of benzene rings is 1. The van der Waals surface area contributed by atoms with Crippen LogP contribution in [0.5, 0.6) is 0 Å². The Kier molecular flexibility index (Phi) is 4.72. The van der Waals surface area contributed by atoms with Gasteiger partial charge in [0.25, 0.3) is 0 Å². The molecule has 0 aliphatic heterocycles. The van der Waals surface area contributed by atoms with E-state index in [0.29, 0.717) is 6.61 Å². The Morgan fingerprint density at radius 2 is 2.24 bits per heavy atom. The van der Waals surface area contributed by atoms with Crippen LogP contribution < -0.4 is 0 Å². The summed E-state index contributed by atoms with van der Waals surface area (Å²) in [5.41, 5.74) is 3.73. The van der Waals surface area contributed by atoms with Gasteiger partial charge in [-0.3, -0.25) is 0 Å². The molecular weight excluding hydrogens is 280 g/mol. The van der Waals surface area contributed by atoms with E-state index in [-0.39, 0.29) is 12.7 Å². The monoisotopic (exact) mass is 298 g/mol. The number of hydrogen-bond donors (Lipinski definition) is 1. The van der Waals surface area contributed by atoms with E-state index in [4.69, 9.17) is 9.84 Å². The van der Waals surface area contributed by atoms with E-state index in [0.717, 1.165) is 18.4 Å². The SMILES string of the molecule is OCC#Cc1csc(COC2CCCc3ccccc32)c1. The highest BCUT2D eigenvalue weighted by molar-refractivity contribution is 7.10. The first-order chi connectivity index (χ1) is 10.4. The van der Waals surface area contributed by atoms with Crippen molar-refractivity contribution in [3.8, 4) is 11.8 Å². The van der Waals surface area contributed by atoms with E-state index >= 15 is 0 Å². The zero-order valence-corrected chi connectivity index (χ0v) is 12.7. The summed E-state index contributed by atoms with van der Waals surface area (Å²) >= 11 is 1.66. The third-order valence-electron chi connectivity index (χ3n) is 3.71. The zero-order chi connectivity index (χ0) is 14.5. The van der Waals surface area contributed by atoms with Crippen LogP contribution in [0.4, 0.5) is 0 Å². The summed E-state index contributed by atoms with van der Waals surface area (Å²) in [5.74, 6) is 5.59. The molecular formula is C18H18O2S. The van der Waals surface area contributed by atoms with E-state index < -0.39 is 0 Å². The molecule has 21 heavy (non-hydrogen) atoms. The summed E-state index contributed by atoms with van der Waals surface area (Å²) in [7, 11) is 0. The predicted molar refractivity (Wildman–Crippen MR) is 85.2 cm³/mol. The van der Waals surface area contributed by atoms with Gasteiger partial charge in [-0.2, -0.15) is 0 Å². The molecule has 2 aromatic rings. The minimum atomic E-state index is -0.0967. The van der Waals surface area contributed by atoms with Gasteiger partial charge in [-0.1, -0.05) is 36.1 Å². The van der Waals surface area contributed by atoms with E-state index in [2.05, 4.69) is 36.1 Å². The van der Waals surface area contributed by atoms with Gasteiger partial charge in [0.2, 0.25) is 0 Å². The summed E-state index contributed by atoms with van der Waals surface area (Å²) in [6.45, 7) is 0.533. The van der Waals surface area contributed by atoms with Crippen molar-refractivity contribution in [3.05, 3.63) is 57.3 Å². The van der Waals surface area contributed by atoms with Crippen molar-refractivity contribution in [3.63, 3.8) is 0 Å². The highest BCUT2D eigenvalue weighted by Gasteiger charge is 2.20. The zero-order valence-electron chi connectivity index (χ0n) is 11.8. The lowest BCUT2D eigenvalue weighted by atomic mass is 9.89. The molecule has 108 valence electrons. The standard InChI is InChI=1S/C18H18O2S/c19-10-4-5-14-11-16(21-13-14)12-20-18-9-3-7-15-6-1-2-8-17(15)18/h1-2,6,8,11,13,18-19H,3,7,9-10,12H2. The molecule has 0 saturated heterocycles. The molecule has 1 N–H and O–H groups in total. The van der Waals surface area contributed by atoms with Crippen LogP contribution in [0.1, 0.15) is 40.5 Å². The summed E-state index contributed by atoms with van der Waals surface area (Å²) in [5, 5.41) is 10.7. The fourth-order valence-electron chi connectivity index (χ4n) is 2.73. The largest absolute Gasteiger partial charge is 0.384 e. The molecule has 1 atom stereocenters.